The average molecular weight is 402 g/mol. The minimum atomic E-state index is -1.82. The van der Waals surface area contributed by atoms with Crippen molar-refractivity contribution in [2.24, 2.45) is 0 Å². The van der Waals surface area contributed by atoms with Crippen LogP contribution in [0.5, 0.6) is 0 Å². The molecule has 2 aromatic carbocycles. The summed E-state index contributed by atoms with van der Waals surface area (Å²) in [5, 5.41) is 11.2. The van der Waals surface area contributed by atoms with Crippen molar-refractivity contribution < 1.29 is 14.7 Å². The molecule has 4 nitrogen and oxygen atoms in total. The fourth-order valence-electron chi connectivity index (χ4n) is 3.19. The second kappa shape index (κ2) is 7.10. The van der Waals surface area contributed by atoms with Gasteiger partial charge in [0.15, 0.2) is 11.4 Å². The zero-order valence-electron chi connectivity index (χ0n) is 14.0. The highest BCUT2D eigenvalue weighted by atomic mass is 79.9. The fraction of sp³-hybridized carbons (Fsp3) is 0.300. The second-order valence-electron chi connectivity index (χ2n) is 6.30. The normalized spacial score (nSPS) is 19.2. The molecule has 0 aliphatic carbocycles. The lowest BCUT2D eigenvalue weighted by Gasteiger charge is -2.22. The number of carbonyl (C=O) groups is 2. The van der Waals surface area contributed by atoms with E-state index in [0.29, 0.717) is 23.4 Å². The number of aliphatic hydroxyl groups is 1. The summed E-state index contributed by atoms with van der Waals surface area (Å²) >= 11 is 3.39. The zero-order valence-corrected chi connectivity index (χ0v) is 15.6. The summed E-state index contributed by atoms with van der Waals surface area (Å²) < 4.78 is 0.766. The van der Waals surface area contributed by atoms with E-state index < -0.39 is 11.5 Å². The number of ketones is 1. The molecule has 130 valence electrons. The van der Waals surface area contributed by atoms with Crippen molar-refractivity contribution >= 4 is 33.3 Å². The Balaban J connectivity index is 1.98. The minimum Gasteiger partial charge on any atom is -0.375 e. The van der Waals surface area contributed by atoms with Crippen molar-refractivity contribution in [3.8, 4) is 0 Å². The van der Waals surface area contributed by atoms with Gasteiger partial charge in [-0.3, -0.25) is 9.59 Å². The molecule has 0 aromatic heterocycles. The molecule has 25 heavy (non-hydrogen) atoms. The van der Waals surface area contributed by atoms with Crippen molar-refractivity contribution in [2.75, 3.05) is 11.4 Å². The fourth-order valence-corrected chi connectivity index (χ4v) is 3.55. The van der Waals surface area contributed by atoms with E-state index in [0.717, 1.165) is 17.3 Å². The Hall–Kier alpha value is -1.98. The van der Waals surface area contributed by atoms with Crippen LogP contribution in [0.3, 0.4) is 0 Å². The van der Waals surface area contributed by atoms with Gasteiger partial charge in [-0.05, 0) is 24.6 Å². The largest absolute Gasteiger partial charge is 0.375 e. The number of rotatable bonds is 6. The van der Waals surface area contributed by atoms with Gasteiger partial charge < -0.3 is 10.0 Å². The van der Waals surface area contributed by atoms with Gasteiger partial charge in [0.1, 0.15) is 0 Å². The van der Waals surface area contributed by atoms with Gasteiger partial charge in [0, 0.05) is 22.1 Å². The number of Topliss-reactive ketones (excluding diaryl/α,β-unsaturated/α-hetero) is 1. The Kier molecular flexibility index (Phi) is 5.06. The molecule has 1 atom stereocenters. The minimum absolute atomic E-state index is 0.250. The summed E-state index contributed by atoms with van der Waals surface area (Å²) in [5.41, 5.74) is -0.149. The molecule has 0 saturated heterocycles. The van der Waals surface area contributed by atoms with Gasteiger partial charge in [0.2, 0.25) is 0 Å². The van der Waals surface area contributed by atoms with Crippen LogP contribution in [-0.4, -0.2) is 23.3 Å². The Bertz CT molecular complexity index is 806. The van der Waals surface area contributed by atoms with Crippen LogP contribution in [0.2, 0.25) is 0 Å². The highest BCUT2D eigenvalue weighted by Gasteiger charge is 2.50. The maximum atomic E-state index is 13.0. The molecule has 1 heterocycles. The van der Waals surface area contributed by atoms with Crippen LogP contribution in [0.1, 0.15) is 42.1 Å². The number of halogens is 1. The van der Waals surface area contributed by atoms with Crippen LogP contribution in [0, 0.1) is 0 Å². The first kappa shape index (κ1) is 17.8. The molecule has 3 rings (SSSR count). The Morgan fingerprint density at radius 2 is 1.92 bits per heavy atom. The predicted molar refractivity (Wildman–Crippen MR) is 101 cm³/mol. The molecule has 1 unspecified atom stereocenters. The van der Waals surface area contributed by atoms with E-state index in [1.165, 1.54) is 0 Å². The van der Waals surface area contributed by atoms with Crippen LogP contribution >= 0.6 is 15.9 Å². The van der Waals surface area contributed by atoms with Crippen LogP contribution in [0.15, 0.2) is 53.0 Å². The number of hydrogen-bond donors (Lipinski definition) is 1. The first-order valence-electron chi connectivity index (χ1n) is 8.40. The summed E-state index contributed by atoms with van der Waals surface area (Å²) in [7, 11) is 0. The van der Waals surface area contributed by atoms with Gasteiger partial charge in [-0.1, -0.05) is 59.6 Å². The third-order valence-electron chi connectivity index (χ3n) is 4.54. The number of hydrogen-bond acceptors (Lipinski definition) is 3. The number of amides is 1. The summed E-state index contributed by atoms with van der Waals surface area (Å²) in [5.74, 6) is -0.668. The van der Waals surface area contributed by atoms with E-state index in [1.54, 1.807) is 35.2 Å². The molecular formula is C20H20BrNO3. The Morgan fingerprint density at radius 3 is 2.60 bits per heavy atom. The van der Waals surface area contributed by atoms with Gasteiger partial charge in [-0.25, -0.2) is 0 Å². The van der Waals surface area contributed by atoms with Crippen LogP contribution in [0.25, 0.3) is 0 Å². The van der Waals surface area contributed by atoms with E-state index in [2.05, 4.69) is 15.9 Å². The maximum absolute atomic E-state index is 13.0. The molecule has 0 radical (unpaired) electrons. The van der Waals surface area contributed by atoms with Crippen molar-refractivity contribution in [1.29, 1.82) is 0 Å². The van der Waals surface area contributed by atoms with Crippen LogP contribution < -0.4 is 4.90 Å². The Labute approximate surface area is 155 Å². The smallest absolute Gasteiger partial charge is 0.264 e. The monoisotopic (exact) mass is 401 g/mol. The molecule has 5 heteroatoms. The number of nitrogens with zero attached hydrogens (tertiary/aromatic N) is 1. The molecule has 1 amide bonds. The molecule has 1 aliphatic rings. The quantitative estimate of drug-likeness (QED) is 0.742. The highest BCUT2D eigenvalue weighted by Crippen LogP contribution is 2.44. The third-order valence-corrected chi connectivity index (χ3v) is 5.03. The zero-order chi connectivity index (χ0) is 18.0. The number of unbranched alkanes of at least 4 members (excludes halogenated alkanes) is 1. The lowest BCUT2D eigenvalue weighted by Crippen LogP contribution is -2.42. The van der Waals surface area contributed by atoms with Gasteiger partial charge in [0.05, 0.1) is 12.1 Å². The molecule has 0 spiro atoms. The van der Waals surface area contributed by atoms with Gasteiger partial charge in [-0.2, -0.15) is 0 Å². The van der Waals surface area contributed by atoms with E-state index in [-0.39, 0.29) is 12.2 Å². The molecule has 2 aromatic rings. The highest BCUT2D eigenvalue weighted by molar-refractivity contribution is 9.10. The number of benzene rings is 2. The second-order valence-corrected chi connectivity index (χ2v) is 7.21. The molecule has 1 N–H and O–H groups in total. The van der Waals surface area contributed by atoms with E-state index in [4.69, 9.17) is 0 Å². The maximum Gasteiger partial charge on any atom is 0.264 e. The summed E-state index contributed by atoms with van der Waals surface area (Å²) in [4.78, 5) is 27.2. The van der Waals surface area contributed by atoms with E-state index >= 15 is 0 Å². The Morgan fingerprint density at radius 1 is 1.20 bits per heavy atom. The standard InChI is InChI=1S/C20H20BrNO3/c1-2-3-11-22-17-10-9-15(21)12-16(17)20(25,19(22)24)13-18(23)14-7-5-4-6-8-14/h4-10,12,25H,2-3,11,13H2,1H3. The molecule has 0 saturated carbocycles. The summed E-state index contributed by atoms with van der Waals surface area (Å²) in [6.45, 7) is 2.58. The van der Waals surface area contributed by atoms with Crippen molar-refractivity contribution in [2.45, 2.75) is 31.8 Å². The average Bonchev–Trinajstić information content (AvgIpc) is 2.81. The third kappa shape index (κ3) is 3.26. The van der Waals surface area contributed by atoms with Crippen molar-refractivity contribution in [1.82, 2.24) is 0 Å². The topological polar surface area (TPSA) is 57.6 Å². The van der Waals surface area contributed by atoms with Gasteiger partial charge >= 0.3 is 0 Å². The predicted octanol–water partition coefficient (Wildman–Crippen LogP) is 4.06. The van der Waals surface area contributed by atoms with Crippen LogP contribution in [0.4, 0.5) is 5.69 Å². The van der Waals surface area contributed by atoms with Crippen LogP contribution in [-0.2, 0) is 10.4 Å². The SMILES string of the molecule is CCCCN1C(=O)C(O)(CC(=O)c2ccccc2)c2cc(Br)ccc21. The first-order chi connectivity index (χ1) is 12.0. The van der Waals surface area contributed by atoms with Crippen molar-refractivity contribution in [3.63, 3.8) is 0 Å². The molecule has 0 bridgehead atoms. The van der Waals surface area contributed by atoms with Gasteiger partial charge in [0.25, 0.3) is 5.91 Å². The van der Waals surface area contributed by atoms with E-state index in [9.17, 15) is 14.7 Å². The molecular weight excluding hydrogens is 382 g/mol. The molecule has 1 aliphatic heterocycles. The number of fused-ring (bicyclic) bond motifs is 1. The molecule has 0 fully saturated rings. The number of carbonyl (C=O) groups excluding carboxylic acids is 2. The van der Waals surface area contributed by atoms with Gasteiger partial charge in [-0.15, -0.1) is 0 Å². The summed E-state index contributed by atoms with van der Waals surface area (Å²) in [6, 6.07) is 14.2. The van der Waals surface area contributed by atoms with Crippen molar-refractivity contribution in [3.05, 3.63) is 64.1 Å². The van der Waals surface area contributed by atoms with E-state index in [1.807, 2.05) is 25.1 Å². The number of anilines is 1. The lowest BCUT2D eigenvalue weighted by molar-refractivity contribution is -0.135. The lowest BCUT2D eigenvalue weighted by atomic mass is 9.88. The summed E-state index contributed by atoms with van der Waals surface area (Å²) in [6.07, 6.45) is 1.52. The first-order valence-corrected chi connectivity index (χ1v) is 9.19.